The third-order valence-electron chi connectivity index (χ3n) is 4.36. The zero-order valence-electron chi connectivity index (χ0n) is 13.6. The van der Waals surface area contributed by atoms with Crippen LogP contribution in [0.1, 0.15) is 5.56 Å². The van der Waals surface area contributed by atoms with Crippen LogP contribution in [0, 0.1) is 0 Å². The summed E-state index contributed by atoms with van der Waals surface area (Å²) in [6.07, 6.45) is -0.426. The van der Waals surface area contributed by atoms with Gasteiger partial charge in [-0.1, -0.05) is 18.2 Å². The predicted octanol–water partition coefficient (Wildman–Crippen LogP) is 0.755. The van der Waals surface area contributed by atoms with Crippen molar-refractivity contribution in [2.45, 2.75) is 12.6 Å². The molecule has 0 aromatic heterocycles. The highest BCUT2D eigenvalue weighted by Gasteiger charge is 2.29. The van der Waals surface area contributed by atoms with E-state index in [-0.39, 0.29) is 5.91 Å². The van der Waals surface area contributed by atoms with Crippen LogP contribution in [0.3, 0.4) is 0 Å². The highest BCUT2D eigenvalue weighted by molar-refractivity contribution is 5.81. The number of amides is 1. The van der Waals surface area contributed by atoms with Crippen molar-refractivity contribution in [3.05, 3.63) is 29.8 Å². The van der Waals surface area contributed by atoms with Crippen molar-refractivity contribution in [3.8, 4) is 5.75 Å². The second-order valence-electron chi connectivity index (χ2n) is 5.85. The van der Waals surface area contributed by atoms with Gasteiger partial charge in [0.15, 0.2) is 6.10 Å². The number of piperazine rings is 1. The number of methoxy groups -OCH3 is 1. The molecule has 1 aromatic rings. The minimum absolute atomic E-state index is 0.0571. The number of hydrogen-bond acceptors (Lipinski definition) is 5. The molecule has 6 nitrogen and oxygen atoms in total. The number of benzene rings is 1. The topological polar surface area (TPSA) is 51.2 Å². The van der Waals surface area contributed by atoms with E-state index in [1.807, 2.05) is 23.1 Å². The molecule has 126 valence electrons. The Labute approximate surface area is 136 Å². The molecule has 0 aliphatic carbocycles. The standard InChI is InChI=1S/C17H24N2O4/c1-21-15-5-3-2-4-14(15)12-18-6-8-19(9-7-18)17(20)16-13-22-10-11-23-16/h2-5,16H,6-13H2,1H3/t16-/m1/s1. The van der Waals surface area contributed by atoms with E-state index in [1.165, 1.54) is 5.56 Å². The maximum atomic E-state index is 12.4. The first-order valence-electron chi connectivity index (χ1n) is 8.10. The van der Waals surface area contributed by atoms with E-state index in [4.69, 9.17) is 14.2 Å². The number of para-hydroxylation sites is 1. The quantitative estimate of drug-likeness (QED) is 0.820. The van der Waals surface area contributed by atoms with Gasteiger partial charge in [-0.05, 0) is 6.07 Å². The molecule has 2 aliphatic rings. The molecular formula is C17H24N2O4. The van der Waals surface area contributed by atoms with Gasteiger partial charge in [0.05, 0.1) is 26.9 Å². The molecule has 2 fully saturated rings. The van der Waals surface area contributed by atoms with E-state index >= 15 is 0 Å². The van der Waals surface area contributed by atoms with Gasteiger partial charge < -0.3 is 19.1 Å². The molecule has 23 heavy (non-hydrogen) atoms. The largest absolute Gasteiger partial charge is 0.496 e. The normalized spacial score (nSPS) is 22.8. The number of carbonyl (C=O) groups is 1. The van der Waals surface area contributed by atoms with Crippen LogP contribution in [0.2, 0.25) is 0 Å². The van der Waals surface area contributed by atoms with Gasteiger partial charge in [-0.15, -0.1) is 0 Å². The van der Waals surface area contributed by atoms with Crippen LogP contribution in [-0.4, -0.2) is 74.9 Å². The monoisotopic (exact) mass is 320 g/mol. The summed E-state index contributed by atoms with van der Waals surface area (Å²) in [6, 6.07) is 8.07. The fourth-order valence-corrected chi connectivity index (χ4v) is 3.03. The van der Waals surface area contributed by atoms with Crippen LogP contribution in [0.15, 0.2) is 24.3 Å². The summed E-state index contributed by atoms with van der Waals surface area (Å²) in [5.41, 5.74) is 1.18. The average molecular weight is 320 g/mol. The molecule has 2 aliphatic heterocycles. The smallest absolute Gasteiger partial charge is 0.254 e. The SMILES string of the molecule is COc1ccccc1CN1CCN(C(=O)[C@H]2COCCO2)CC1. The van der Waals surface area contributed by atoms with Gasteiger partial charge in [-0.2, -0.15) is 0 Å². The number of rotatable bonds is 4. The molecule has 0 N–H and O–H groups in total. The Bertz CT molecular complexity index is 523. The van der Waals surface area contributed by atoms with Crippen molar-refractivity contribution in [2.24, 2.45) is 0 Å². The van der Waals surface area contributed by atoms with E-state index in [0.29, 0.717) is 19.8 Å². The Balaban J connectivity index is 1.51. The predicted molar refractivity (Wildman–Crippen MR) is 85.4 cm³/mol. The molecule has 3 rings (SSSR count). The van der Waals surface area contributed by atoms with Gasteiger partial charge in [-0.25, -0.2) is 0 Å². The fraction of sp³-hybridized carbons (Fsp3) is 0.588. The Hall–Kier alpha value is -1.63. The first-order valence-corrected chi connectivity index (χ1v) is 8.10. The molecule has 0 spiro atoms. The Kier molecular flexibility index (Phi) is 5.48. The number of ether oxygens (including phenoxy) is 3. The molecule has 1 aromatic carbocycles. The van der Waals surface area contributed by atoms with Crippen LogP contribution in [0.5, 0.6) is 5.75 Å². The molecule has 0 saturated carbocycles. The lowest BCUT2D eigenvalue weighted by molar-refractivity contribution is -0.159. The van der Waals surface area contributed by atoms with E-state index in [2.05, 4.69) is 11.0 Å². The van der Waals surface area contributed by atoms with Gasteiger partial charge >= 0.3 is 0 Å². The summed E-state index contributed by atoms with van der Waals surface area (Å²) in [6.45, 7) is 5.48. The molecule has 0 radical (unpaired) electrons. The molecule has 2 heterocycles. The van der Waals surface area contributed by atoms with E-state index in [9.17, 15) is 4.79 Å². The zero-order valence-corrected chi connectivity index (χ0v) is 13.6. The number of carbonyl (C=O) groups excluding carboxylic acids is 1. The molecule has 0 unspecified atom stereocenters. The van der Waals surface area contributed by atoms with Gasteiger partial charge in [0.25, 0.3) is 5.91 Å². The summed E-state index contributed by atoms with van der Waals surface area (Å²) in [5, 5.41) is 0. The summed E-state index contributed by atoms with van der Waals surface area (Å²) < 4.78 is 16.2. The van der Waals surface area contributed by atoms with Gasteiger partial charge in [-0.3, -0.25) is 9.69 Å². The second kappa shape index (κ2) is 7.77. The van der Waals surface area contributed by atoms with Crippen molar-refractivity contribution < 1.29 is 19.0 Å². The van der Waals surface area contributed by atoms with E-state index < -0.39 is 6.10 Å². The third-order valence-corrected chi connectivity index (χ3v) is 4.36. The molecule has 2 saturated heterocycles. The van der Waals surface area contributed by atoms with Gasteiger partial charge in [0.1, 0.15) is 5.75 Å². The van der Waals surface area contributed by atoms with Crippen molar-refractivity contribution in [2.75, 3.05) is 53.1 Å². The van der Waals surface area contributed by atoms with Crippen LogP contribution < -0.4 is 4.74 Å². The molecule has 1 amide bonds. The summed E-state index contributed by atoms with van der Waals surface area (Å²) in [5.74, 6) is 0.973. The van der Waals surface area contributed by atoms with Crippen molar-refractivity contribution in [1.82, 2.24) is 9.80 Å². The summed E-state index contributed by atoms with van der Waals surface area (Å²) in [4.78, 5) is 16.6. The lowest BCUT2D eigenvalue weighted by atomic mass is 10.1. The van der Waals surface area contributed by atoms with Crippen molar-refractivity contribution >= 4 is 5.91 Å². The van der Waals surface area contributed by atoms with Gasteiger partial charge in [0, 0.05) is 38.3 Å². The lowest BCUT2D eigenvalue weighted by Crippen LogP contribution is -2.53. The highest BCUT2D eigenvalue weighted by atomic mass is 16.6. The second-order valence-corrected chi connectivity index (χ2v) is 5.85. The van der Waals surface area contributed by atoms with Crippen molar-refractivity contribution in [3.63, 3.8) is 0 Å². The number of nitrogens with zero attached hydrogens (tertiary/aromatic N) is 2. The minimum Gasteiger partial charge on any atom is -0.496 e. The van der Waals surface area contributed by atoms with E-state index in [1.54, 1.807) is 7.11 Å². The number of hydrogen-bond donors (Lipinski definition) is 0. The Morgan fingerprint density at radius 3 is 2.70 bits per heavy atom. The minimum atomic E-state index is -0.426. The maximum absolute atomic E-state index is 12.4. The summed E-state index contributed by atoms with van der Waals surface area (Å²) in [7, 11) is 1.70. The average Bonchev–Trinajstić information content (AvgIpc) is 2.63. The van der Waals surface area contributed by atoms with Gasteiger partial charge in [0.2, 0.25) is 0 Å². The maximum Gasteiger partial charge on any atom is 0.254 e. The first kappa shape index (κ1) is 16.2. The zero-order chi connectivity index (χ0) is 16.1. The van der Waals surface area contributed by atoms with Crippen molar-refractivity contribution in [1.29, 1.82) is 0 Å². The van der Waals surface area contributed by atoms with E-state index in [0.717, 1.165) is 38.5 Å². The molecule has 0 bridgehead atoms. The molecule has 1 atom stereocenters. The lowest BCUT2D eigenvalue weighted by Gasteiger charge is -2.37. The Morgan fingerprint density at radius 1 is 1.22 bits per heavy atom. The van der Waals surface area contributed by atoms with Crippen LogP contribution in [-0.2, 0) is 20.8 Å². The highest BCUT2D eigenvalue weighted by Crippen LogP contribution is 2.20. The first-order chi connectivity index (χ1) is 11.3. The summed E-state index contributed by atoms with van der Waals surface area (Å²) >= 11 is 0. The Morgan fingerprint density at radius 2 is 2.00 bits per heavy atom. The fourth-order valence-electron chi connectivity index (χ4n) is 3.03. The van der Waals surface area contributed by atoms with Crippen LogP contribution in [0.25, 0.3) is 0 Å². The molecule has 6 heteroatoms. The van der Waals surface area contributed by atoms with Crippen LogP contribution >= 0.6 is 0 Å². The van der Waals surface area contributed by atoms with Crippen LogP contribution in [0.4, 0.5) is 0 Å². The third kappa shape index (κ3) is 4.02. The molecular weight excluding hydrogens is 296 g/mol.